The van der Waals surface area contributed by atoms with Crippen molar-refractivity contribution in [3.63, 3.8) is 0 Å². The predicted octanol–water partition coefficient (Wildman–Crippen LogP) is 3.07. The van der Waals surface area contributed by atoms with Crippen LogP contribution < -0.4 is 10.9 Å². The first-order valence-corrected chi connectivity index (χ1v) is 8.38. The Labute approximate surface area is 156 Å². The zero-order chi connectivity index (χ0) is 18.1. The van der Waals surface area contributed by atoms with Crippen LogP contribution in [0.1, 0.15) is 11.5 Å². The van der Waals surface area contributed by atoms with Crippen molar-refractivity contribution < 1.29 is 4.42 Å². The number of benzene rings is 1. The van der Waals surface area contributed by atoms with Crippen LogP contribution in [0.5, 0.6) is 0 Å². The molecule has 2 N–H and O–H groups in total. The average molecular weight is 391 g/mol. The maximum Gasteiger partial charge on any atom is 0.278 e. The topological polar surface area (TPSA) is 102 Å². The molecule has 3 aromatic heterocycles. The number of nitrogens with one attached hydrogen (secondary N) is 2. The number of oxazole rings is 1. The average Bonchev–Trinajstić information content (AvgIpc) is 3.27. The Hall–Kier alpha value is -2.84. The zero-order valence-corrected chi connectivity index (χ0v) is 14.8. The largest absolute Gasteiger partial charge is 0.447 e. The summed E-state index contributed by atoms with van der Waals surface area (Å²) in [6.45, 7) is 0.674. The number of fused-ring (bicyclic) bond motifs is 1. The van der Waals surface area contributed by atoms with Crippen LogP contribution in [0.3, 0.4) is 0 Å². The Morgan fingerprint density at radius 3 is 2.92 bits per heavy atom. The smallest absolute Gasteiger partial charge is 0.278 e. The number of hydrogen-bond donors (Lipinski definition) is 2. The van der Waals surface area contributed by atoms with Gasteiger partial charge in [-0.05, 0) is 17.7 Å². The fourth-order valence-electron chi connectivity index (χ4n) is 2.50. The Bertz CT molecular complexity index is 1120. The fraction of sp³-hybridized carbons (Fsp3) is 0.125. The van der Waals surface area contributed by atoms with Crippen LogP contribution in [-0.4, -0.2) is 24.7 Å². The van der Waals surface area contributed by atoms with E-state index in [9.17, 15) is 4.79 Å². The summed E-state index contributed by atoms with van der Waals surface area (Å²) in [5.41, 5.74) is 1.41. The molecular formula is C16H12Cl2N6O2. The summed E-state index contributed by atoms with van der Waals surface area (Å²) in [6.07, 6.45) is 4.53. The highest BCUT2D eigenvalue weighted by Crippen LogP contribution is 2.22. The van der Waals surface area contributed by atoms with Crippen LogP contribution in [0.15, 0.2) is 46.1 Å². The van der Waals surface area contributed by atoms with Crippen molar-refractivity contribution in [3.05, 3.63) is 68.7 Å². The van der Waals surface area contributed by atoms with Gasteiger partial charge in [-0.25, -0.2) is 14.6 Å². The molecule has 0 fully saturated rings. The number of aromatic nitrogens is 5. The van der Waals surface area contributed by atoms with Crippen molar-refractivity contribution in [1.29, 1.82) is 0 Å². The van der Waals surface area contributed by atoms with E-state index in [4.69, 9.17) is 27.6 Å². The van der Waals surface area contributed by atoms with Gasteiger partial charge in [0.25, 0.3) is 5.56 Å². The van der Waals surface area contributed by atoms with E-state index < -0.39 is 0 Å². The standard InChI is InChI=1S/C16H12Cl2N6O2/c17-10-2-1-9(5-11(10)18)6-20-16-22-12-7-21-24(14(12)15(25)23-16)8-13-19-3-4-26-13/h1-5,7H,6,8H2,(H2,20,22,23,25). The van der Waals surface area contributed by atoms with Crippen molar-refractivity contribution in [1.82, 2.24) is 24.7 Å². The molecule has 8 nitrogen and oxygen atoms in total. The second kappa shape index (κ2) is 6.81. The molecule has 0 radical (unpaired) electrons. The van der Waals surface area contributed by atoms with E-state index in [1.807, 2.05) is 6.07 Å². The van der Waals surface area contributed by atoms with Gasteiger partial charge in [0.2, 0.25) is 11.8 Å². The molecule has 0 aliphatic heterocycles. The molecule has 0 unspecified atom stereocenters. The lowest BCUT2D eigenvalue weighted by Gasteiger charge is -2.07. The molecule has 4 aromatic rings. The van der Waals surface area contributed by atoms with E-state index in [0.717, 1.165) is 5.56 Å². The van der Waals surface area contributed by atoms with Gasteiger partial charge in [0, 0.05) is 6.54 Å². The van der Waals surface area contributed by atoms with Crippen LogP contribution in [0, 0.1) is 0 Å². The third-order valence-electron chi connectivity index (χ3n) is 3.71. The van der Waals surface area contributed by atoms with Crippen molar-refractivity contribution in [3.8, 4) is 0 Å². The first kappa shape index (κ1) is 16.6. The first-order valence-electron chi connectivity index (χ1n) is 7.62. The lowest BCUT2D eigenvalue weighted by molar-refractivity contribution is 0.469. The van der Waals surface area contributed by atoms with Crippen molar-refractivity contribution in [2.24, 2.45) is 0 Å². The maximum absolute atomic E-state index is 12.4. The minimum atomic E-state index is -0.310. The lowest BCUT2D eigenvalue weighted by Crippen LogP contribution is -2.16. The number of nitrogens with zero attached hydrogens (tertiary/aromatic N) is 4. The number of rotatable bonds is 5. The van der Waals surface area contributed by atoms with E-state index in [2.05, 4.69) is 25.4 Å². The van der Waals surface area contributed by atoms with E-state index in [-0.39, 0.29) is 12.1 Å². The van der Waals surface area contributed by atoms with Crippen molar-refractivity contribution in [2.75, 3.05) is 5.32 Å². The molecule has 0 bridgehead atoms. The minimum absolute atomic E-state index is 0.247. The van der Waals surface area contributed by atoms with E-state index in [0.29, 0.717) is 39.5 Å². The van der Waals surface area contributed by atoms with Gasteiger partial charge in [0.15, 0.2) is 5.52 Å². The van der Waals surface area contributed by atoms with E-state index >= 15 is 0 Å². The fourth-order valence-corrected chi connectivity index (χ4v) is 2.82. The first-order chi connectivity index (χ1) is 12.6. The van der Waals surface area contributed by atoms with Crippen LogP contribution in [0.4, 0.5) is 5.95 Å². The summed E-state index contributed by atoms with van der Waals surface area (Å²) in [7, 11) is 0. The summed E-state index contributed by atoms with van der Waals surface area (Å²) in [5, 5.41) is 8.20. The Morgan fingerprint density at radius 2 is 2.15 bits per heavy atom. The number of hydrogen-bond acceptors (Lipinski definition) is 6. The molecule has 4 rings (SSSR count). The monoisotopic (exact) mass is 390 g/mol. The second-order valence-electron chi connectivity index (χ2n) is 5.48. The number of halogens is 2. The summed E-state index contributed by atoms with van der Waals surface area (Å²) < 4.78 is 6.68. The van der Waals surface area contributed by atoms with Crippen LogP contribution in [0.25, 0.3) is 11.0 Å². The summed E-state index contributed by atoms with van der Waals surface area (Å²) in [5.74, 6) is 0.792. The molecule has 26 heavy (non-hydrogen) atoms. The molecule has 0 aliphatic rings. The molecule has 0 saturated heterocycles. The number of aromatic amines is 1. The number of H-pyrrole nitrogens is 1. The van der Waals surface area contributed by atoms with Gasteiger partial charge in [-0.15, -0.1) is 0 Å². The van der Waals surface area contributed by atoms with Gasteiger partial charge >= 0.3 is 0 Å². The Kier molecular flexibility index (Phi) is 4.36. The summed E-state index contributed by atoms with van der Waals surface area (Å²) >= 11 is 11.9. The number of anilines is 1. The Morgan fingerprint density at radius 1 is 1.27 bits per heavy atom. The summed E-state index contributed by atoms with van der Waals surface area (Å²) in [4.78, 5) is 23.5. The minimum Gasteiger partial charge on any atom is -0.447 e. The molecule has 0 spiro atoms. The van der Waals surface area contributed by atoms with Gasteiger partial charge in [0.05, 0.1) is 22.4 Å². The third kappa shape index (κ3) is 3.29. The maximum atomic E-state index is 12.4. The SMILES string of the molecule is O=c1[nH]c(NCc2ccc(Cl)c(Cl)c2)nc2cnn(Cc3ncco3)c12. The third-order valence-corrected chi connectivity index (χ3v) is 4.45. The molecule has 3 heterocycles. The molecular weight excluding hydrogens is 379 g/mol. The van der Waals surface area contributed by atoms with E-state index in [1.165, 1.54) is 23.3 Å². The molecule has 10 heteroatoms. The van der Waals surface area contributed by atoms with Gasteiger partial charge in [0.1, 0.15) is 18.3 Å². The van der Waals surface area contributed by atoms with Crippen molar-refractivity contribution >= 4 is 40.2 Å². The highest BCUT2D eigenvalue weighted by Gasteiger charge is 2.12. The van der Waals surface area contributed by atoms with Crippen LogP contribution in [-0.2, 0) is 13.1 Å². The van der Waals surface area contributed by atoms with E-state index in [1.54, 1.807) is 12.1 Å². The van der Waals surface area contributed by atoms with Crippen LogP contribution in [0.2, 0.25) is 10.0 Å². The quantitative estimate of drug-likeness (QED) is 0.542. The molecule has 132 valence electrons. The van der Waals surface area contributed by atoms with Gasteiger partial charge in [-0.3, -0.25) is 9.78 Å². The molecule has 0 atom stereocenters. The molecule has 1 aromatic carbocycles. The second-order valence-corrected chi connectivity index (χ2v) is 6.29. The zero-order valence-electron chi connectivity index (χ0n) is 13.2. The van der Waals surface area contributed by atoms with Crippen molar-refractivity contribution in [2.45, 2.75) is 13.1 Å². The normalized spacial score (nSPS) is 11.2. The summed E-state index contributed by atoms with van der Waals surface area (Å²) in [6, 6.07) is 5.31. The molecule has 0 aliphatic carbocycles. The van der Waals surface area contributed by atoms with Gasteiger partial charge in [-0.2, -0.15) is 5.10 Å². The van der Waals surface area contributed by atoms with Gasteiger partial charge < -0.3 is 9.73 Å². The predicted molar refractivity (Wildman–Crippen MR) is 97.5 cm³/mol. The Balaban J connectivity index is 1.57. The lowest BCUT2D eigenvalue weighted by atomic mass is 10.2. The highest BCUT2D eigenvalue weighted by molar-refractivity contribution is 6.42. The molecule has 0 amide bonds. The highest BCUT2D eigenvalue weighted by atomic mass is 35.5. The van der Waals surface area contributed by atoms with Gasteiger partial charge in [-0.1, -0.05) is 29.3 Å². The van der Waals surface area contributed by atoms with Crippen LogP contribution >= 0.6 is 23.2 Å². The molecule has 0 saturated carbocycles.